The van der Waals surface area contributed by atoms with E-state index in [1.165, 1.54) is 17.1 Å². The molecular formula is C41H50N6O9. The van der Waals surface area contributed by atoms with E-state index in [1.807, 2.05) is 49.3 Å². The van der Waals surface area contributed by atoms with Crippen molar-refractivity contribution in [2.45, 2.75) is 62.9 Å². The number of aromatic nitrogens is 1. The second-order valence-corrected chi connectivity index (χ2v) is 15.1. The summed E-state index contributed by atoms with van der Waals surface area (Å²) in [7, 11) is 5.24. The summed E-state index contributed by atoms with van der Waals surface area (Å²) in [5.41, 5.74) is 5.90. The highest BCUT2D eigenvalue weighted by atomic mass is 16.6. The van der Waals surface area contributed by atoms with Crippen LogP contribution in [0.2, 0.25) is 0 Å². The number of likely N-dealkylation sites (tertiary alicyclic amines) is 1. The van der Waals surface area contributed by atoms with Crippen LogP contribution in [0.3, 0.4) is 0 Å². The number of pyridine rings is 1. The largest absolute Gasteiger partial charge is 0.497 e. The number of benzene rings is 2. The monoisotopic (exact) mass is 770 g/mol. The van der Waals surface area contributed by atoms with Crippen molar-refractivity contribution in [3.63, 3.8) is 0 Å². The quantitative estimate of drug-likeness (QED) is 0.0939. The summed E-state index contributed by atoms with van der Waals surface area (Å²) >= 11 is 0. The summed E-state index contributed by atoms with van der Waals surface area (Å²) in [6.07, 6.45) is 2.93. The molecule has 1 aromatic heterocycles. The number of ether oxygens (including phenoxy) is 4. The number of fused-ring (bicyclic) bond motifs is 1. The summed E-state index contributed by atoms with van der Waals surface area (Å²) in [5.74, 6) is -2.57. The fraction of sp³-hybridized carbons (Fsp3) is 0.415. The predicted molar refractivity (Wildman–Crippen MR) is 208 cm³/mol. The number of rotatable bonds is 14. The van der Waals surface area contributed by atoms with Crippen molar-refractivity contribution in [2.24, 2.45) is 11.7 Å². The zero-order chi connectivity index (χ0) is 40.8. The maximum atomic E-state index is 14.5. The zero-order valence-corrected chi connectivity index (χ0v) is 32.6. The number of carbonyl (C=O) groups is 5. The lowest BCUT2D eigenvalue weighted by Gasteiger charge is -2.29. The highest BCUT2D eigenvalue weighted by molar-refractivity contribution is 5.98. The minimum Gasteiger partial charge on any atom is -0.497 e. The van der Waals surface area contributed by atoms with Gasteiger partial charge in [-0.05, 0) is 53.4 Å². The molecule has 1 saturated heterocycles. The number of hydrogen-bond donors (Lipinski definition) is 3. The summed E-state index contributed by atoms with van der Waals surface area (Å²) in [5, 5.41) is 5.83. The average molecular weight is 771 g/mol. The molecule has 2 aromatic carbocycles. The van der Waals surface area contributed by atoms with Gasteiger partial charge in [-0.15, -0.1) is 6.58 Å². The van der Waals surface area contributed by atoms with Gasteiger partial charge in [-0.3, -0.25) is 9.59 Å². The fourth-order valence-electron chi connectivity index (χ4n) is 6.26. The van der Waals surface area contributed by atoms with Crippen molar-refractivity contribution in [2.75, 3.05) is 40.8 Å². The van der Waals surface area contributed by atoms with E-state index in [-0.39, 0.29) is 31.8 Å². The number of nitrogens with one attached hydrogen (secondary N) is 2. The van der Waals surface area contributed by atoms with Gasteiger partial charge in [0.2, 0.25) is 11.8 Å². The summed E-state index contributed by atoms with van der Waals surface area (Å²) < 4.78 is 22.8. The lowest BCUT2D eigenvalue weighted by atomic mass is 10.1. The molecule has 1 aliphatic heterocycles. The molecule has 56 heavy (non-hydrogen) atoms. The topological polar surface area (TPSA) is 192 Å². The van der Waals surface area contributed by atoms with Crippen LogP contribution in [0, 0.1) is 5.92 Å². The first-order chi connectivity index (χ1) is 26.5. The van der Waals surface area contributed by atoms with Gasteiger partial charge in [0.05, 0.1) is 24.9 Å². The van der Waals surface area contributed by atoms with Crippen molar-refractivity contribution < 1.29 is 42.9 Å². The molecule has 0 bridgehead atoms. The number of alkyl carbamates (subject to hydrolysis) is 1. The van der Waals surface area contributed by atoms with Crippen LogP contribution in [0.15, 0.2) is 79.4 Å². The van der Waals surface area contributed by atoms with E-state index in [0.717, 1.165) is 5.56 Å². The molecule has 3 aromatic rings. The van der Waals surface area contributed by atoms with E-state index in [1.54, 1.807) is 58.2 Å². The number of hydrogen-bond acceptors (Lipinski definition) is 12. The van der Waals surface area contributed by atoms with Gasteiger partial charge >= 0.3 is 18.0 Å². The van der Waals surface area contributed by atoms with Crippen LogP contribution >= 0.6 is 0 Å². The lowest BCUT2D eigenvalue weighted by molar-refractivity contribution is -0.166. The van der Waals surface area contributed by atoms with Crippen LogP contribution in [0.5, 0.6) is 11.5 Å². The van der Waals surface area contributed by atoms with Crippen LogP contribution in [0.4, 0.5) is 4.79 Å². The molecule has 0 radical (unpaired) electrons. The van der Waals surface area contributed by atoms with Crippen LogP contribution < -0.4 is 25.8 Å². The minimum atomic E-state index is -1.41. The Balaban J connectivity index is 1.47. The number of nitrogens with two attached hydrogens (primary N) is 1. The smallest absolute Gasteiger partial charge is 0.408 e. The third kappa shape index (κ3) is 10.3. The number of nitrogens with zero attached hydrogens (tertiary/aromatic N) is 3. The van der Waals surface area contributed by atoms with Crippen molar-refractivity contribution in [1.29, 1.82) is 0 Å². The second-order valence-electron chi connectivity index (χ2n) is 15.1. The zero-order valence-electron chi connectivity index (χ0n) is 32.6. The van der Waals surface area contributed by atoms with Gasteiger partial charge in [-0.25, -0.2) is 19.4 Å². The number of esters is 2. The molecule has 2 heterocycles. The summed E-state index contributed by atoms with van der Waals surface area (Å²) in [4.78, 5) is 75.0. The van der Waals surface area contributed by atoms with E-state index in [4.69, 9.17) is 29.7 Å². The second kappa shape index (κ2) is 17.3. The van der Waals surface area contributed by atoms with Crippen molar-refractivity contribution in [3.05, 3.63) is 79.4 Å². The average Bonchev–Trinajstić information content (AvgIpc) is 3.66. The number of methoxy groups -OCH3 is 1. The third-order valence-corrected chi connectivity index (χ3v) is 9.29. The van der Waals surface area contributed by atoms with Crippen LogP contribution in [-0.2, 0) is 28.7 Å². The van der Waals surface area contributed by atoms with Crippen LogP contribution in [-0.4, -0.2) is 115 Å². The Morgan fingerprint density at radius 1 is 1.11 bits per heavy atom. The highest BCUT2D eigenvalue weighted by Gasteiger charge is 2.58. The Morgan fingerprint density at radius 2 is 1.84 bits per heavy atom. The molecule has 1 aliphatic carbocycles. The molecule has 15 nitrogen and oxygen atoms in total. The van der Waals surface area contributed by atoms with E-state index in [9.17, 15) is 24.0 Å². The third-order valence-electron chi connectivity index (χ3n) is 9.29. The van der Waals surface area contributed by atoms with Gasteiger partial charge < -0.3 is 45.1 Å². The van der Waals surface area contributed by atoms with E-state index < -0.39 is 59.2 Å². The first-order valence-corrected chi connectivity index (χ1v) is 18.3. The predicted octanol–water partition coefficient (Wildman–Crippen LogP) is 3.36. The molecular weight excluding hydrogens is 720 g/mol. The van der Waals surface area contributed by atoms with E-state index in [2.05, 4.69) is 17.2 Å². The summed E-state index contributed by atoms with van der Waals surface area (Å²) in [6.45, 7) is 8.66. The maximum absolute atomic E-state index is 14.5. The molecule has 5 atom stereocenters. The Kier molecular flexibility index (Phi) is 12.8. The first-order valence-electron chi connectivity index (χ1n) is 18.3. The molecule has 5 rings (SSSR count). The van der Waals surface area contributed by atoms with Crippen molar-refractivity contribution >= 4 is 40.7 Å². The van der Waals surface area contributed by atoms with Gasteiger partial charge in [-0.1, -0.05) is 42.5 Å². The first kappa shape index (κ1) is 41.4. The molecule has 15 heteroatoms. The van der Waals surface area contributed by atoms with E-state index >= 15 is 0 Å². The Morgan fingerprint density at radius 3 is 2.48 bits per heavy atom. The Hall–Kier alpha value is -5.80. The fourth-order valence-corrected chi connectivity index (χ4v) is 6.26. The number of carbonyl (C=O) groups excluding carboxylic acids is 5. The molecule has 0 unspecified atom stereocenters. The summed E-state index contributed by atoms with van der Waals surface area (Å²) in [6, 6.07) is 13.9. The van der Waals surface area contributed by atoms with Crippen molar-refractivity contribution in [3.8, 4) is 22.8 Å². The molecule has 4 N–H and O–H groups in total. The van der Waals surface area contributed by atoms with Gasteiger partial charge in [0.25, 0.3) is 0 Å². The Labute approximate surface area is 326 Å². The van der Waals surface area contributed by atoms with E-state index in [0.29, 0.717) is 34.6 Å². The van der Waals surface area contributed by atoms with Gasteiger partial charge in [0.1, 0.15) is 40.8 Å². The normalized spacial score (nSPS) is 21.0. The molecule has 1 saturated carbocycles. The van der Waals surface area contributed by atoms with Gasteiger partial charge in [0, 0.05) is 54.6 Å². The molecule has 3 amide bonds. The van der Waals surface area contributed by atoms with Gasteiger partial charge in [0.15, 0.2) is 0 Å². The molecule has 2 fully saturated rings. The molecule has 298 valence electrons. The number of likely N-dealkylation sites (N-methyl/N-ethyl adjacent to an activating group) is 1. The van der Waals surface area contributed by atoms with Crippen LogP contribution in [0.1, 0.15) is 33.6 Å². The lowest BCUT2D eigenvalue weighted by Crippen LogP contribution is -2.56. The van der Waals surface area contributed by atoms with Gasteiger partial charge in [-0.2, -0.15) is 0 Å². The number of amides is 3. The SMILES string of the molecule is C=C[C@@H]1C[C@]1(N)C(=O)OC(=O)[C@@H]1C[C@@H](Oc2cc(-c3ccccc3)nc3cc(OC)ccc23)CN1C(=O)[C@H](CNC(=O)C=CCN(C)C)NC(=O)OC(C)(C)C. The maximum Gasteiger partial charge on any atom is 0.408 e. The molecule has 2 aliphatic rings. The van der Waals surface area contributed by atoms with Crippen LogP contribution in [0.25, 0.3) is 22.2 Å². The molecule has 0 spiro atoms. The van der Waals surface area contributed by atoms with Crippen molar-refractivity contribution in [1.82, 2.24) is 25.4 Å². The Bertz CT molecular complexity index is 2000. The standard InChI is InChI=1S/C41H50N6O9/c1-8-26-22-41(26,42)38(51)55-37(50)33-20-28(54-34-21-30(25-13-10-9-11-14-25)44-31-19-27(53-7)16-17-29(31)34)24-47(33)36(49)32(45-39(52)56-40(2,3)4)23-43-35(48)15-12-18-46(5)6/h8-17,19,21,26,28,32-33H,1,18,20,22-24,42H2,2-7H3,(H,43,48)(H,45,52)/t26-,28-,32+,33+,41-/m1/s1. The highest BCUT2D eigenvalue weighted by Crippen LogP contribution is 2.43. The minimum absolute atomic E-state index is 0.0836.